The van der Waals surface area contributed by atoms with E-state index >= 15 is 0 Å². The van der Waals surface area contributed by atoms with Crippen molar-refractivity contribution in [1.82, 2.24) is 5.32 Å². The first-order valence-electron chi connectivity index (χ1n) is 8.02. The van der Waals surface area contributed by atoms with E-state index in [1.165, 1.54) is 0 Å². The normalized spacial score (nSPS) is 20.0. The highest BCUT2D eigenvalue weighted by atomic mass is 16.6. The fraction of sp³-hybridized carbons (Fsp3) is 0.529. The predicted molar refractivity (Wildman–Crippen MR) is 85.7 cm³/mol. The van der Waals surface area contributed by atoms with Crippen LogP contribution in [0.5, 0.6) is 11.5 Å². The molecule has 124 valence electrons. The predicted octanol–water partition coefficient (Wildman–Crippen LogP) is 1.58. The van der Waals surface area contributed by atoms with E-state index < -0.39 is 0 Å². The number of carbonyl (C=O) groups excluding carboxylic acids is 2. The van der Waals surface area contributed by atoms with E-state index in [-0.39, 0.29) is 24.2 Å². The van der Waals surface area contributed by atoms with Crippen molar-refractivity contribution in [3.8, 4) is 11.5 Å². The van der Waals surface area contributed by atoms with Gasteiger partial charge in [0, 0.05) is 31.3 Å². The van der Waals surface area contributed by atoms with E-state index in [1.807, 2.05) is 26.0 Å². The lowest BCUT2D eigenvalue weighted by atomic mass is 10.1. The van der Waals surface area contributed by atoms with Gasteiger partial charge in [-0.1, -0.05) is 13.8 Å². The van der Waals surface area contributed by atoms with Crippen LogP contribution >= 0.6 is 0 Å². The Morgan fingerprint density at radius 3 is 2.78 bits per heavy atom. The number of amides is 2. The quantitative estimate of drug-likeness (QED) is 0.915. The number of nitrogens with one attached hydrogen (secondary N) is 1. The fourth-order valence-corrected chi connectivity index (χ4v) is 2.78. The minimum absolute atomic E-state index is 0.0358. The van der Waals surface area contributed by atoms with E-state index in [9.17, 15) is 9.59 Å². The Bertz CT molecular complexity index is 615. The molecule has 1 N–H and O–H groups in total. The van der Waals surface area contributed by atoms with Gasteiger partial charge >= 0.3 is 0 Å². The largest absolute Gasteiger partial charge is 0.486 e. The number of fused-ring (bicyclic) bond motifs is 1. The number of nitrogens with zero attached hydrogens (tertiary/aromatic N) is 1. The fourth-order valence-electron chi connectivity index (χ4n) is 2.78. The van der Waals surface area contributed by atoms with Gasteiger partial charge in [-0.15, -0.1) is 0 Å². The second kappa shape index (κ2) is 6.48. The molecule has 1 fully saturated rings. The number of hydrogen-bond acceptors (Lipinski definition) is 4. The minimum atomic E-state index is -0.297. The highest BCUT2D eigenvalue weighted by Gasteiger charge is 2.35. The van der Waals surface area contributed by atoms with Gasteiger partial charge in [-0.25, -0.2) is 0 Å². The molecule has 1 saturated heterocycles. The zero-order valence-corrected chi connectivity index (χ0v) is 13.5. The summed E-state index contributed by atoms with van der Waals surface area (Å²) in [5, 5.41) is 2.90. The van der Waals surface area contributed by atoms with Crippen LogP contribution < -0.4 is 19.7 Å². The lowest BCUT2D eigenvalue weighted by molar-refractivity contribution is -0.126. The number of carbonyl (C=O) groups is 2. The van der Waals surface area contributed by atoms with Crippen LogP contribution in [0.25, 0.3) is 0 Å². The molecule has 0 spiro atoms. The van der Waals surface area contributed by atoms with Crippen LogP contribution in [0.1, 0.15) is 20.3 Å². The minimum Gasteiger partial charge on any atom is -0.486 e. The molecule has 2 heterocycles. The van der Waals surface area contributed by atoms with Gasteiger partial charge in [-0.3, -0.25) is 9.59 Å². The van der Waals surface area contributed by atoms with E-state index in [0.717, 1.165) is 5.69 Å². The first-order chi connectivity index (χ1) is 11.0. The molecular formula is C17H22N2O4. The maximum atomic E-state index is 12.3. The van der Waals surface area contributed by atoms with E-state index in [1.54, 1.807) is 11.0 Å². The van der Waals surface area contributed by atoms with Gasteiger partial charge in [0.1, 0.15) is 13.2 Å². The van der Waals surface area contributed by atoms with Crippen LogP contribution in [0, 0.1) is 11.8 Å². The van der Waals surface area contributed by atoms with Crippen LogP contribution in [0.3, 0.4) is 0 Å². The third-order valence-corrected chi connectivity index (χ3v) is 4.02. The molecule has 6 heteroatoms. The first kappa shape index (κ1) is 15.6. The number of hydrogen-bond donors (Lipinski definition) is 1. The summed E-state index contributed by atoms with van der Waals surface area (Å²) in [5.41, 5.74) is 0.749. The van der Waals surface area contributed by atoms with E-state index in [2.05, 4.69) is 5.32 Å². The molecule has 6 nitrogen and oxygen atoms in total. The summed E-state index contributed by atoms with van der Waals surface area (Å²) in [6.07, 6.45) is 0.248. The zero-order valence-electron chi connectivity index (χ0n) is 13.5. The lowest BCUT2D eigenvalue weighted by Gasteiger charge is -2.22. The third-order valence-electron chi connectivity index (χ3n) is 4.02. The van der Waals surface area contributed by atoms with Gasteiger partial charge in [-0.05, 0) is 18.1 Å². The summed E-state index contributed by atoms with van der Waals surface area (Å²) in [6.45, 7) is 6.16. The number of anilines is 1. The summed E-state index contributed by atoms with van der Waals surface area (Å²) in [4.78, 5) is 26.1. The molecule has 0 bridgehead atoms. The molecule has 2 amide bonds. The molecule has 0 saturated carbocycles. The highest BCUT2D eigenvalue weighted by Crippen LogP contribution is 2.35. The zero-order chi connectivity index (χ0) is 16.4. The molecule has 2 aliphatic rings. The molecule has 23 heavy (non-hydrogen) atoms. The van der Waals surface area contributed by atoms with Crippen molar-refractivity contribution >= 4 is 17.5 Å². The van der Waals surface area contributed by atoms with Gasteiger partial charge in [0.05, 0.1) is 5.92 Å². The lowest BCUT2D eigenvalue weighted by Crippen LogP contribution is -2.35. The standard InChI is InChI=1S/C17H22N2O4/c1-11(2)9-18-17(21)12-7-16(20)19(10-12)13-3-4-14-15(8-13)23-6-5-22-14/h3-4,8,11-12H,5-7,9-10H2,1-2H3,(H,18,21)/t12-/m1/s1. The Morgan fingerprint density at radius 2 is 2.04 bits per heavy atom. The molecule has 2 aliphatic heterocycles. The van der Waals surface area contributed by atoms with Crippen LogP contribution in [-0.2, 0) is 9.59 Å². The maximum Gasteiger partial charge on any atom is 0.227 e. The van der Waals surface area contributed by atoms with E-state index in [4.69, 9.17) is 9.47 Å². The molecule has 1 aromatic rings. The second-order valence-electron chi connectivity index (χ2n) is 6.37. The van der Waals surface area contributed by atoms with Crippen molar-refractivity contribution in [1.29, 1.82) is 0 Å². The van der Waals surface area contributed by atoms with Crippen molar-refractivity contribution < 1.29 is 19.1 Å². The molecule has 3 rings (SSSR count). The number of rotatable bonds is 4. The van der Waals surface area contributed by atoms with Crippen molar-refractivity contribution in [2.24, 2.45) is 11.8 Å². The van der Waals surface area contributed by atoms with E-state index in [0.29, 0.717) is 43.7 Å². The molecule has 0 unspecified atom stereocenters. The van der Waals surface area contributed by atoms with Gasteiger partial charge in [0.25, 0.3) is 0 Å². The van der Waals surface area contributed by atoms with Gasteiger partial charge in [0.15, 0.2) is 11.5 Å². The Hall–Kier alpha value is -2.24. The summed E-state index contributed by atoms with van der Waals surface area (Å²) in [6, 6.07) is 5.45. The van der Waals surface area contributed by atoms with Gasteiger partial charge in [0.2, 0.25) is 11.8 Å². The van der Waals surface area contributed by atoms with Gasteiger partial charge < -0.3 is 19.7 Å². The summed E-state index contributed by atoms with van der Waals surface area (Å²) >= 11 is 0. The molecule has 0 radical (unpaired) electrons. The van der Waals surface area contributed by atoms with Crippen molar-refractivity contribution in [3.63, 3.8) is 0 Å². The Labute approximate surface area is 135 Å². The van der Waals surface area contributed by atoms with Gasteiger partial charge in [-0.2, -0.15) is 0 Å². The monoisotopic (exact) mass is 318 g/mol. The topological polar surface area (TPSA) is 67.9 Å². The SMILES string of the molecule is CC(C)CNC(=O)[C@@H]1CC(=O)N(c2ccc3c(c2)OCCO3)C1. The molecule has 0 aromatic heterocycles. The smallest absolute Gasteiger partial charge is 0.227 e. The van der Waals surface area contributed by atoms with Crippen LogP contribution in [0.15, 0.2) is 18.2 Å². The molecule has 1 atom stereocenters. The van der Waals surface area contributed by atoms with Crippen LogP contribution in [0.4, 0.5) is 5.69 Å². The number of ether oxygens (including phenoxy) is 2. The first-order valence-corrected chi connectivity index (χ1v) is 8.02. The molecule has 0 aliphatic carbocycles. The van der Waals surface area contributed by atoms with Crippen molar-refractivity contribution in [2.75, 3.05) is 31.2 Å². The summed E-state index contributed by atoms with van der Waals surface area (Å²) in [7, 11) is 0. The highest BCUT2D eigenvalue weighted by molar-refractivity contribution is 6.00. The molecule has 1 aromatic carbocycles. The second-order valence-corrected chi connectivity index (χ2v) is 6.37. The van der Waals surface area contributed by atoms with Crippen molar-refractivity contribution in [2.45, 2.75) is 20.3 Å². The Kier molecular flexibility index (Phi) is 4.41. The average Bonchev–Trinajstić information content (AvgIpc) is 2.94. The average molecular weight is 318 g/mol. The summed E-state index contributed by atoms with van der Waals surface area (Å²) in [5.74, 6) is 1.35. The van der Waals surface area contributed by atoms with Crippen molar-refractivity contribution in [3.05, 3.63) is 18.2 Å². The summed E-state index contributed by atoms with van der Waals surface area (Å²) < 4.78 is 11.0. The Balaban J connectivity index is 1.69. The van der Waals surface area contributed by atoms with Crippen LogP contribution in [-0.4, -0.2) is 38.1 Å². The van der Waals surface area contributed by atoms with Crippen LogP contribution in [0.2, 0.25) is 0 Å². The maximum absolute atomic E-state index is 12.3. The Morgan fingerprint density at radius 1 is 1.30 bits per heavy atom. The third kappa shape index (κ3) is 3.41. The number of benzene rings is 1. The molecular weight excluding hydrogens is 296 g/mol.